The van der Waals surface area contributed by atoms with E-state index in [-0.39, 0.29) is 6.42 Å². The number of aliphatic carboxylic acids is 1. The standard InChI is InChI=1S/C9H16F2O2S/c1-7(9(12)13)14-6-4-2-3-5-8(10)11/h7-8H,2-6H2,1H3,(H,12,13). The Morgan fingerprint density at radius 3 is 2.50 bits per heavy atom. The average molecular weight is 226 g/mol. The Hall–Kier alpha value is -0.320. The summed E-state index contributed by atoms with van der Waals surface area (Å²) in [5.41, 5.74) is 0. The van der Waals surface area contributed by atoms with Crippen LogP contribution < -0.4 is 0 Å². The van der Waals surface area contributed by atoms with Gasteiger partial charge < -0.3 is 5.11 Å². The molecule has 0 spiro atoms. The van der Waals surface area contributed by atoms with Gasteiger partial charge in [0.15, 0.2) is 0 Å². The van der Waals surface area contributed by atoms with Crippen molar-refractivity contribution < 1.29 is 18.7 Å². The third-order valence-corrected chi connectivity index (χ3v) is 3.01. The van der Waals surface area contributed by atoms with Crippen LogP contribution in [0.2, 0.25) is 0 Å². The normalized spacial score (nSPS) is 13.1. The molecule has 14 heavy (non-hydrogen) atoms. The van der Waals surface area contributed by atoms with E-state index in [1.807, 2.05) is 0 Å². The quantitative estimate of drug-likeness (QED) is 0.646. The van der Waals surface area contributed by atoms with Gasteiger partial charge in [-0.25, -0.2) is 8.78 Å². The Morgan fingerprint density at radius 1 is 1.36 bits per heavy atom. The van der Waals surface area contributed by atoms with E-state index in [4.69, 9.17) is 5.11 Å². The highest BCUT2D eigenvalue weighted by Gasteiger charge is 2.10. The van der Waals surface area contributed by atoms with Crippen molar-refractivity contribution in [3.8, 4) is 0 Å². The van der Waals surface area contributed by atoms with Crippen LogP contribution in [0.4, 0.5) is 8.78 Å². The van der Waals surface area contributed by atoms with Crippen molar-refractivity contribution in [1.29, 1.82) is 0 Å². The van der Waals surface area contributed by atoms with E-state index >= 15 is 0 Å². The summed E-state index contributed by atoms with van der Waals surface area (Å²) in [6.45, 7) is 1.63. The lowest BCUT2D eigenvalue weighted by molar-refractivity contribution is -0.136. The summed E-state index contributed by atoms with van der Waals surface area (Å²) < 4.78 is 23.4. The highest BCUT2D eigenvalue weighted by Crippen LogP contribution is 2.14. The van der Waals surface area contributed by atoms with E-state index in [1.54, 1.807) is 6.92 Å². The van der Waals surface area contributed by atoms with Gasteiger partial charge in [0.1, 0.15) is 0 Å². The van der Waals surface area contributed by atoms with Crippen molar-refractivity contribution in [2.45, 2.75) is 44.3 Å². The molecule has 1 N–H and O–H groups in total. The molecule has 0 aromatic carbocycles. The van der Waals surface area contributed by atoms with Crippen molar-refractivity contribution in [2.24, 2.45) is 0 Å². The third-order valence-electron chi connectivity index (χ3n) is 1.78. The summed E-state index contributed by atoms with van der Waals surface area (Å²) in [7, 11) is 0. The number of carboxylic acid groups (broad SMARTS) is 1. The number of alkyl halides is 2. The fourth-order valence-corrected chi connectivity index (χ4v) is 1.78. The second-order valence-electron chi connectivity index (χ2n) is 3.09. The number of carboxylic acids is 1. The molecule has 0 amide bonds. The SMILES string of the molecule is CC(SCCCCCC(F)F)C(=O)O. The average Bonchev–Trinajstić information content (AvgIpc) is 2.09. The number of carbonyl (C=O) groups is 1. The van der Waals surface area contributed by atoms with Crippen LogP contribution in [0.15, 0.2) is 0 Å². The largest absolute Gasteiger partial charge is 0.480 e. The van der Waals surface area contributed by atoms with Crippen molar-refractivity contribution in [3.05, 3.63) is 0 Å². The summed E-state index contributed by atoms with van der Waals surface area (Å²) in [5, 5.41) is 8.14. The Bertz CT molecular complexity index is 165. The minimum Gasteiger partial charge on any atom is -0.480 e. The van der Waals surface area contributed by atoms with Crippen LogP contribution in [0.25, 0.3) is 0 Å². The Morgan fingerprint density at radius 2 is 2.00 bits per heavy atom. The van der Waals surface area contributed by atoms with E-state index in [1.165, 1.54) is 11.8 Å². The van der Waals surface area contributed by atoms with Crippen LogP contribution in [-0.2, 0) is 4.79 Å². The van der Waals surface area contributed by atoms with E-state index in [9.17, 15) is 13.6 Å². The molecule has 0 fully saturated rings. The lowest BCUT2D eigenvalue weighted by Crippen LogP contribution is -2.11. The molecule has 0 heterocycles. The molecule has 1 unspecified atom stereocenters. The number of rotatable bonds is 8. The second kappa shape index (κ2) is 8.03. The molecule has 0 aliphatic carbocycles. The zero-order valence-corrected chi connectivity index (χ0v) is 9.03. The minimum atomic E-state index is -2.21. The third kappa shape index (κ3) is 8.29. The van der Waals surface area contributed by atoms with Gasteiger partial charge >= 0.3 is 5.97 Å². The van der Waals surface area contributed by atoms with Gasteiger partial charge in [0.25, 0.3) is 0 Å². The van der Waals surface area contributed by atoms with Crippen LogP contribution in [0, 0.1) is 0 Å². The molecular formula is C9H16F2O2S. The summed E-state index contributed by atoms with van der Waals surface area (Å²) in [5.74, 6) is -0.0842. The lowest BCUT2D eigenvalue weighted by atomic mass is 10.2. The molecule has 0 bridgehead atoms. The first kappa shape index (κ1) is 13.7. The zero-order valence-electron chi connectivity index (χ0n) is 8.21. The summed E-state index contributed by atoms with van der Waals surface area (Å²) in [6, 6.07) is 0. The maximum atomic E-state index is 11.7. The first-order valence-electron chi connectivity index (χ1n) is 4.66. The van der Waals surface area contributed by atoms with Crippen LogP contribution in [-0.4, -0.2) is 28.5 Å². The van der Waals surface area contributed by atoms with Gasteiger partial charge in [-0.1, -0.05) is 6.42 Å². The van der Waals surface area contributed by atoms with Crippen LogP contribution in [0.5, 0.6) is 0 Å². The first-order chi connectivity index (χ1) is 6.54. The van der Waals surface area contributed by atoms with E-state index in [2.05, 4.69) is 0 Å². The second-order valence-corrected chi connectivity index (χ2v) is 4.54. The molecule has 0 rings (SSSR count). The van der Waals surface area contributed by atoms with Gasteiger partial charge in [0.2, 0.25) is 6.43 Å². The molecule has 0 aliphatic heterocycles. The monoisotopic (exact) mass is 226 g/mol. The lowest BCUT2D eigenvalue weighted by Gasteiger charge is -2.05. The van der Waals surface area contributed by atoms with Crippen molar-refractivity contribution in [1.82, 2.24) is 0 Å². The number of hydrogen-bond acceptors (Lipinski definition) is 2. The van der Waals surface area contributed by atoms with Gasteiger partial charge in [0, 0.05) is 6.42 Å². The van der Waals surface area contributed by atoms with Gasteiger partial charge in [-0.05, 0) is 25.5 Å². The Balaban J connectivity index is 3.17. The van der Waals surface area contributed by atoms with Gasteiger partial charge in [-0.2, -0.15) is 0 Å². The van der Waals surface area contributed by atoms with Crippen LogP contribution >= 0.6 is 11.8 Å². The molecule has 0 aliphatic rings. The van der Waals surface area contributed by atoms with Crippen molar-refractivity contribution >= 4 is 17.7 Å². The smallest absolute Gasteiger partial charge is 0.316 e. The minimum absolute atomic E-state index is 0.0425. The summed E-state index contributed by atoms with van der Waals surface area (Å²) in [6.07, 6.45) is -0.155. The molecule has 0 saturated heterocycles. The molecule has 0 saturated carbocycles. The Labute approximate surface area is 87.1 Å². The molecule has 0 aromatic rings. The highest BCUT2D eigenvalue weighted by atomic mass is 32.2. The van der Waals surface area contributed by atoms with E-state index in [0.29, 0.717) is 6.42 Å². The van der Waals surface area contributed by atoms with Crippen LogP contribution in [0.1, 0.15) is 32.6 Å². The van der Waals surface area contributed by atoms with Crippen LogP contribution in [0.3, 0.4) is 0 Å². The molecule has 2 nitrogen and oxygen atoms in total. The zero-order chi connectivity index (χ0) is 11.0. The van der Waals surface area contributed by atoms with E-state index in [0.717, 1.165) is 18.6 Å². The fraction of sp³-hybridized carbons (Fsp3) is 0.889. The fourth-order valence-electron chi connectivity index (χ4n) is 0.909. The predicted molar refractivity (Wildman–Crippen MR) is 54.0 cm³/mol. The topological polar surface area (TPSA) is 37.3 Å². The van der Waals surface area contributed by atoms with Crippen molar-refractivity contribution in [3.63, 3.8) is 0 Å². The van der Waals surface area contributed by atoms with Crippen molar-refractivity contribution in [2.75, 3.05) is 5.75 Å². The molecule has 84 valence electrons. The molecule has 0 radical (unpaired) electrons. The number of thioether (sulfide) groups is 1. The number of unbranched alkanes of at least 4 members (excludes halogenated alkanes) is 2. The van der Waals surface area contributed by atoms with Gasteiger partial charge in [-0.3, -0.25) is 4.79 Å². The predicted octanol–water partition coefficient (Wildman–Crippen LogP) is 3.02. The Kier molecular flexibility index (Phi) is 7.84. The molecule has 0 aromatic heterocycles. The van der Waals surface area contributed by atoms with Gasteiger partial charge in [-0.15, -0.1) is 11.8 Å². The highest BCUT2D eigenvalue weighted by molar-refractivity contribution is 8.00. The number of hydrogen-bond donors (Lipinski definition) is 1. The summed E-state index contributed by atoms with van der Waals surface area (Å²) >= 11 is 1.36. The maximum absolute atomic E-state index is 11.7. The number of halogens is 2. The van der Waals surface area contributed by atoms with Gasteiger partial charge in [0.05, 0.1) is 5.25 Å². The summed E-state index contributed by atoms with van der Waals surface area (Å²) in [4.78, 5) is 10.4. The molecular weight excluding hydrogens is 210 g/mol. The molecule has 1 atom stereocenters. The molecule has 5 heteroatoms. The first-order valence-corrected chi connectivity index (χ1v) is 5.71. The van der Waals surface area contributed by atoms with E-state index < -0.39 is 17.6 Å². The maximum Gasteiger partial charge on any atom is 0.316 e.